The van der Waals surface area contributed by atoms with E-state index in [9.17, 15) is 31.5 Å². The molecule has 192 valence electrons. The zero-order valence-electron chi connectivity index (χ0n) is 19.4. The van der Waals surface area contributed by atoms with Gasteiger partial charge in [-0.05, 0) is 47.9 Å². The minimum Gasteiger partial charge on any atom is -0.366 e. The van der Waals surface area contributed by atoms with Gasteiger partial charge >= 0.3 is 6.18 Å². The first-order chi connectivity index (χ1) is 17.5. The maximum Gasteiger partial charge on any atom is 0.417 e. The van der Waals surface area contributed by atoms with Crippen LogP contribution < -0.4 is 16.0 Å². The molecule has 1 atom stereocenters. The average Bonchev–Trinajstić information content (AvgIpc) is 3.22. The summed E-state index contributed by atoms with van der Waals surface area (Å²) in [4.78, 5) is 28.2. The van der Waals surface area contributed by atoms with Crippen LogP contribution in [0.2, 0.25) is 0 Å². The minimum absolute atomic E-state index is 0.0872. The molecule has 1 aromatic heterocycles. The van der Waals surface area contributed by atoms with Crippen LogP contribution in [0.4, 0.5) is 33.5 Å². The highest BCUT2D eigenvalue weighted by atomic mass is 19.4. The molecule has 2 heterocycles. The summed E-state index contributed by atoms with van der Waals surface area (Å²) in [5.41, 5.74) is 1.16. The van der Waals surface area contributed by atoms with Crippen LogP contribution in [-0.4, -0.2) is 23.3 Å². The Bertz CT molecular complexity index is 1390. The Kier molecular flexibility index (Phi) is 7.23. The Morgan fingerprint density at radius 3 is 2.65 bits per heavy atom. The molecule has 0 radical (unpaired) electrons. The molecule has 3 N–H and O–H groups in total. The van der Waals surface area contributed by atoms with Crippen LogP contribution in [0.3, 0.4) is 0 Å². The third-order valence-electron chi connectivity index (χ3n) is 5.71. The van der Waals surface area contributed by atoms with E-state index in [-0.39, 0.29) is 29.4 Å². The van der Waals surface area contributed by atoms with E-state index in [0.29, 0.717) is 18.7 Å². The molecule has 37 heavy (non-hydrogen) atoms. The number of halogens is 5. The number of nitrogens with zero attached hydrogens (tertiary/aromatic N) is 1. The fraction of sp³-hybridized carbons (Fsp3) is 0.192. The lowest BCUT2D eigenvalue weighted by molar-refractivity contribution is -0.137. The van der Waals surface area contributed by atoms with Crippen molar-refractivity contribution in [1.29, 1.82) is 0 Å². The van der Waals surface area contributed by atoms with Crippen LogP contribution >= 0.6 is 0 Å². The van der Waals surface area contributed by atoms with Gasteiger partial charge in [0.25, 0.3) is 5.91 Å². The first kappa shape index (κ1) is 25.8. The fourth-order valence-electron chi connectivity index (χ4n) is 3.76. The molecule has 1 aliphatic rings. The monoisotopic (exact) mass is 516 g/mol. The molecule has 2 aromatic carbocycles. The summed E-state index contributed by atoms with van der Waals surface area (Å²) in [6.45, 7) is 1.61. The molecule has 1 aliphatic heterocycles. The number of benzene rings is 2. The summed E-state index contributed by atoms with van der Waals surface area (Å²) in [6.07, 6.45) is -0.365. The maximum atomic E-state index is 13.6. The van der Waals surface area contributed by atoms with E-state index in [0.717, 1.165) is 28.9 Å². The topological polar surface area (TPSA) is 83.1 Å². The first-order valence-corrected chi connectivity index (χ1v) is 11.2. The predicted octanol–water partition coefficient (Wildman–Crippen LogP) is 5.49. The summed E-state index contributed by atoms with van der Waals surface area (Å²) in [7, 11) is 0. The van der Waals surface area contributed by atoms with Crippen molar-refractivity contribution in [2.24, 2.45) is 0 Å². The second-order valence-corrected chi connectivity index (χ2v) is 8.41. The Hall–Kier alpha value is -4.28. The van der Waals surface area contributed by atoms with Gasteiger partial charge in [-0.25, -0.2) is 13.8 Å². The number of fused-ring (bicyclic) bond motifs is 1. The molecule has 0 saturated heterocycles. The molecule has 1 unspecified atom stereocenters. The van der Waals surface area contributed by atoms with E-state index in [4.69, 9.17) is 0 Å². The molecule has 6 nitrogen and oxygen atoms in total. The number of pyridine rings is 1. The van der Waals surface area contributed by atoms with Crippen molar-refractivity contribution in [3.63, 3.8) is 0 Å². The van der Waals surface area contributed by atoms with Crippen LogP contribution in [-0.2, 0) is 17.4 Å². The molecule has 0 fully saturated rings. The van der Waals surface area contributed by atoms with E-state index in [1.165, 1.54) is 13.0 Å². The summed E-state index contributed by atoms with van der Waals surface area (Å²) in [6, 6.07) is 8.36. The van der Waals surface area contributed by atoms with Gasteiger partial charge in [0.15, 0.2) is 11.6 Å². The van der Waals surface area contributed by atoms with Crippen LogP contribution in [0.1, 0.15) is 45.6 Å². The van der Waals surface area contributed by atoms with Crippen molar-refractivity contribution < 1.29 is 31.5 Å². The lowest BCUT2D eigenvalue weighted by Crippen LogP contribution is -2.28. The van der Waals surface area contributed by atoms with E-state index >= 15 is 0 Å². The highest BCUT2D eigenvalue weighted by Gasteiger charge is 2.32. The average molecular weight is 516 g/mol. The number of hydrogen-bond acceptors (Lipinski definition) is 4. The van der Waals surface area contributed by atoms with Crippen molar-refractivity contribution in [1.82, 2.24) is 10.3 Å². The molecule has 0 saturated carbocycles. The largest absolute Gasteiger partial charge is 0.417 e. The molecule has 4 rings (SSSR count). The minimum atomic E-state index is -4.73. The van der Waals surface area contributed by atoms with Gasteiger partial charge in [0, 0.05) is 18.4 Å². The molecule has 3 aromatic rings. The smallest absolute Gasteiger partial charge is 0.366 e. The third-order valence-corrected chi connectivity index (χ3v) is 5.71. The zero-order valence-corrected chi connectivity index (χ0v) is 19.4. The molecule has 11 heteroatoms. The van der Waals surface area contributed by atoms with Gasteiger partial charge in [0.1, 0.15) is 5.82 Å². The van der Waals surface area contributed by atoms with Crippen molar-refractivity contribution in [2.45, 2.75) is 25.6 Å². The molecule has 0 bridgehead atoms. The number of alkyl halides is 3. The normalized spacial score (nSPS) is 13.8. The Morgan fingerprint density at radius 2 is 1.92 bits per heavy atom. The highest BCUT2D eigenvalue weighted by Crippen LogP contribution is 2.31. The number of amides is 2. The van der Waals surface area contributed by atoms with Crippen molar-refractivity contribution in [3.05, 3.63) is 94.2 Å². The van der Waals surface area contributed by atoms with E-state index < -0.39 is 35.3 Å². The third kappa shape index (κ3) is 6.11. The van der Waals surface area contributed by atoms with E-state index in [2.05, 4.69) is 20.9 Å². The molecule has 0 spiro atoms. The quantitative estimate of drug-likeness (QED) is 0.363. The van der Waals surface area contributed by atoms with Crippen molar-refractivity contribution in [2.75, 3.05) is 17.2 Å². The van der Waals surface area contributed by atoms with E-state index in [1.807, 2.05) is 12.1 Å². The number of anilines is 2. The van der Waals surface area contributed by atoms with Gasteiger partial charge < -0.3 is 16.0 Å². The Morgan fingerprint density at radius 1 is 1.14 bits per heavy atom. The van der Waals surface area contributed by atoms with Crippen LogP contribution in [0.25, 0.3) is 6.08 Å². The predicted molar refractivity (Wildman–Crippen MR) is 128 cm³/mol. The molecular weight excluding hydrogens is 495 g/mol. The van der Waals surface area contributed by atoms with Gasteiger partial charge in [0.05, 0.1) is 23.6 Å². The number of nitrogens with one attached hydrogen (secondary N) is 3. The summed E-state index contributed by atoms with van der Waals surface area (Å²) in [5, 5.41) is 8.07. The van der Waals surface area contributed by atoms with Gasteiger partial charge in [0.2, 0.25) is 5.91 Å². The molecule has 2 amide bonds. The van der Waals surface area contributed by atoms with Gasteiger partial charge in [-0.3, -0.25) is 9.59 Å². The van der Waals surface area contributed by atoms with Crippen LogP contribution in [0.5, 0.6) is 0 Å². The van der Waals surface area contributed by atoms with Crippen LogP contribution in [0, 0.1) is 11.6 Å². The summed E-state index contributed by atoms with van der Waals surface area (Å²) < 4.78 is 66.6. The second kappa shape index (κ2) is 10.4. The van der Waals surface area contributed by atoms with Gasteiger partial charge in [-0.15, -0.1) is 0 Å². The lowest BCUT2D eigenvalue weighted by Gasteiger charge is -2.17. The van der Waals surface area contributed by atoms with Gasteiger partial charge in [-0.1, -0.05) is 30.4 Å². The Balaban J connectivity index is 1.49. The van der Waals surface area contributed by atoms with E-state index in [1.54, 1.807) is 18.2 Å². The maximum absolute atomic E-state index is 13.6. The number of carbonyl (C=O) groups excluding carboxylic acids is 2. The fourth-order valence-corrected chi connectivity index (χ4v) is 3.76. The Labute approximate surface area is 208 Å². The first-order valence-electron chi connectivity index (χ1n) is 11.2. The lowest BCUT2D eigenvalue weighted by atomic mass is 10.1. The van der Waals surface area contributed by atoms with Crippen molar-refractivity contribution in [3.8, 4) is 0 Å². The SMILES string of the molecule is CC(NC(=O)c1cc(C(F)(F)F)cnc1NCC=Cc1ccc2c(c1)NC(=O)C2)c1ccc(F)c(F)c1. The second-order valence-electron chi connectivity index (χ2n) is 8.41. The van der Waals surface area contributed by atoms with Crippen LogP contribution in [0.15, 0.2) is 54.7 Å². The van der Waals surface area contributed by atoms with Gasteiger partial charge in [-0.2, -0.15) is 13.2 Å². The standard InChI is InChI=1S/C26H21F5N4O2/c1-14(16-6-7-20(27)21(28)10-16)34-25(37)19-12-18(26(29,30)31)13-33-24(19)32-8-2-3-15-4-5-17-11-23(36)35-22(17)9-15/h2-7,9-10,12-14H,8,11H2,1H3,(H,32,33)(H,34,37)(H,35,36). The zero-order chi connectivity index (χ0) is 26.7. The van der Waals surface area contributed by atoms with Crippen molar-refractivity contribution >= 4 is 29.4 Å². The molecule has 0 aliphatic carbocycles. The molecular formula is C26H21F5N4O2. The highest BCUT2D eigenvalue weighted by molar-refractivity contribution is 6.00. The number of rotatable bonds is 7. The number of hydrogen-bond donors (Lipinski definition) is 3. The number of carbonyl (C=O) groups is 2. The summed E-state index contributed by atoms with van der Waals surface area (Å²) >= 11 is 0. The summed E-state index contributed by atoms with van der Waals surface area (Å²) in [5.74, 6) is -3.23. The number of aromatic nitrogens is 1.